The van der Waals surface area contributed by atoms with Crippen molar-refractivity contribution < 1.29 is 4.74 Å². The van der Waals surface area contributed by atoms with Gasteiger partial charge in [-0.1, -0.05) is 0 Å². The summed E-state index contributed by atoms with van der Waals surface area (Å²) in [4.78, 5) is 0. The minimum Gasteiger partial charge on any atom is -0.378 e. The Balaban J connectivity index is 2.04. The number of hydrogen-bond acceptors (Lipinski definition) is 1. The van der Waals surface area contributed by atoms with E-state index in [1.807, 2.05) is 0 Å². The average Bonchev–Trinajstić information content (AvgIpc) is 2.56. The van der Waals surface area contributed by atoms with Crippen molar-refractivity contribution in [2.24, 2.45) is 0 Å². The van der Waals surface area contributed by atoms with Gasteiger partial charge >= 0.3 is 0 Å². The summed E-state index contributed by atoms with van der Waals surface area (Å²) in [5, 5.41) is 0. The standard InChI is InChI=1S/C10H15NO/c1-9-8-10(4-7-12-9)11-5-2-3-6-11/h2-3,5-6,9-10H,4,7-8H2,1H3. The van der Waals surface area contributed by atoms with Crippen LogP contribution in [0.1, 0.15) is 25.8 Å². The van der Waals surface area contributed by atoms with Crippen LogP contribution >= 0.6 is 0 Å². The molecule has 2 nitrogen and oxygen atoms in total. The van der Waals surface area contributed by atoms with Gasteiger partial charge < -0.3 is 9.30 Å². The first kappa shape index (κ1) is 7.87. The second kappa shape index (κ2) is 3.31. The van der Waals surface area contributed by atoms with Gasteiger partial charge in [-0.05, 0) is 31.9 Å². The Kier molecular flexibility index (Phi) is 2.17. The molecule has 1 fully saturated rings. The van der Waals surface area contributed by atoms with Gasteiger partial charge in [0.15, 0.2) is 0 Å². The van der Waals surface area contributed by atoms with E-state index in [0.29, 0.717) is 12.1 Å². The molecule has 2 heteroatoms. The molecular weight excluding hydrogens is 150 g/mol. The average molecular weight is 165 g/mol. The molecule has 2 rings (SSSR count). The van der Waals surface area contributed by atoms with Crippen molar-refractivity contribution in [2.75, 3.05) is 6.61 Å². The Morgan fingerprint density at radius 2 is 2.08 bits per heavy atom. The predicted octanol–water partition coefficient (Wildman–Crippen LogP) is 2.23. The number of ether oxygens (including phenoxy) is 1. The molecule has 1 saturated heterocycles. The van der Waals surface area contributed by atoms with Crippen LogP contribution in [0.15, 0.2) is 24.5 Å². The molecule has 0 aromatic carbocycles. The molecule has 0 amide bonds. The molecule has 2 atom stereocenters. The molecule has 1 aromatic heterocycles. The van der Waals surface area contributed by atoms with Crippen LogP contribution in [-0.2, 0) is 4.74 Å². The summed E-state index contributed by atoms with van der Waals surface area (Å²) < 4.78 is 7.78. The number of aromatic nitrogens is 1. The summed E-state index contributed by atoms with van der Waals surface area (Å²) in [5.41, 5.74) is 0. The normalized spacial score (nSPS) is 30.4. The predicted molar refractivity (Wildman–Crippen MR) is 48.1 cm³/mol. The summed E-state index contributed by atoms with van der Waals surface area (Å²) in [5.74, 6) is 0. The van der Waals surface area contributed by atoms with Crippen molar-refractivity contribution >= 4 is 0 Å². The Labute approximate surface area is 73.1 Å². The van der Waals surface area contributed by atoms with Gasteiger partial charge in [0.2, 0.25) is 0 Å². The molecule has 1 aliphatic heterocycles. The Morgan fingerprint density at radius 3 is 2.75 bits per heavy atom. The largest absolute Gasteiger partial charge is 0.378 e. The molecule has 0 bridgehead atoms. The summed E-state index contributed by atoms with van der Waals surface area (Å²) in [6.07, 6.45) is 7.00. The fourth-order valence-electron chi connectivity index (χ4n) is 1.84. The summed E-state index contributed by atoms with van der Waals surface area (Å²) >= 11 is 0. The molecule has 1 aromatic rings. The Morgan fingerprint density at radius 1 is 1.33 bits per heavy atom. The van der Waals surface area contributed by atoms with E-state index in [4.69, 9.17) is 4.74 Å². The van der Waals surface area contributed by atoms with Crippen molar-refractivity contribution in [3.63, 3.8) is 0 Å². The lowest BCUT2D eigenvalue weighted by atomic mass is 10.0. The van der Waals surface area contributed by atoms with Crippen LogP contribution in [0.5, 0.6) is 0 Å². The van der Waals surface area contributed by atoms with Crippen molar-refractivity contribution in [1.29, 1.82) is 0 Å². The van der Waals surface area contributed by atoms with E-state index in [2.05, 4.69) is 36.0 Å². The lowest BCUT2D eigenvalue weighted by Crippen LogP contribution is -2.24. The minimum atomic E-state index is 0.422. The van der Waals surface area contributed by atoms with Gasteiger partial charge in [0.1, 0.15) is 0 Å². The van der Waals surface area contributed by atoms with Crippen molar-refractivity contribution in [1.82, 2.24) is 4.57 Å². The molecular formula is C10H15NO. The van der Waals surface area contributed by atoms with E-state index in [9.17, 15) is 0 Å². The van der Waals surface area contributed by atoms with Gasteiger partial charge in [-0.15, -0.1) is 0 Å². The fourth-order valence-corrected chi connectivity index (χ4v) is 1.84. The highest BCUT2D eigenvalue weighted by Gasteiger charge is 2.19. The van der Waals surface area contributed by atoms with Gasteiger partial charge in [0, 0.05) is 25.0 Å². The smallest absolute Gasteiger partial charge is 0.0566 e. The lowest BCUT2D eigenvalue weighted by Gasteiger charge is -2.28. The van der Waals surface area contributed by atoms with Crippen LogP contribution in [0, 0.1) is 0 Å². The third-order valence-corrected chi connectivity index (χ3v) is 2.51. The Hall–Kier alpha value is -0.760. The molecule has 0 radical (unpaired) electrons. The number of rotatable bonds is 1. The zero-order valence-corrected chi connectivity index (χ0v) is 7.44. The summed E-state index contributed by atoms with van der Waals surface area (Å²) in [6, 6.07) is 4.82. The van der Waals surface area contributed by atoms with Gasteiger partial charge in [-0.25, -0.2) is 0 Å². The van der Waals surface area contributed by atoms with Crippen LogP contribution in [0.4, 0.5) is 0 Å². The highest BCUT2D eigenvalue weighted by Crippen LogP contribution is 2.24. The zero-order chi connectivity index (χ0) is 8.39. The molecule has 2 unspecified atom stereocenters. The van der Waals surface area contributed by atoms with E-state index < -0.39 is 0 Å². The Bertz CT molecular complexity index is 230. The molecule has 66 valence electrons. The monoisotopic (exact) mass is 165 g/mol. The first-order valence-corrected chi connectivity index (χ1v) is 4.60. The van der Waals surface area contributed by atoms with Crippen LogP contribution < -0.4 is 0 Å². The molecule has 1 aliphatic rings. The molecule has 12 heavy (non-hydrogen) atoms. The van der Waals surface area contributed by atoms with Crippen molar-refractivity contribution in [2.45, 2.75) is 31.9 Å². The first-order chi connectivity index (χ1) is 5.86. The molecule has 0 saturated carbocycles. The summed E-state index contributed by atoms with van der Waals surface area (Å²) in [7, 11) is 0. The SMILES string of the molecule is CC1CC(n2cccc2)CCO1. The summed E-state index contributed by atoms with van der Waals surface area (Å²) in [6.45, 7) is 3.06. The minimum absolute atomic E-state index is 0.422. The third kappa shape index (κ3) is 1.53. The van der Waals surface area contributed by atoms with Crippen LogP contribution in [0.3, 0.4) is 0 Å². The quantitative estimate of drug-likeness (QED) is 0.622. The van der Waals surface area contributed by atoms with E-state index in [-0.39, 0.29) is 0 Å². The molecule has 0 aliphatic carbocycles. The number of hydrogen-bond donors (Lipinski definition) is 0. The van der Waals surface area contributed by atoms with Crippen LogP contribution in [0.25, 0.3) is 0 Å². The second-order valence-corrected chi connectivity index (χ2v) is 3.49. The third-order valence-electron chi connectivity index (χ3n) is 2.51. The topological polar surface area (TPSA) is 14.2 Å². The highest BCUT2D eigenvalue weighted by atomic mass is 16.5. The maximum Gasteiger partial charge on any atom is 0.0566 e. The van der Waals surface area contributed by atoms with E-state index >= 15 is 0 Å². The molecule has 0 N–H and O–H groups in total. The van der Waals surface area contributed by atoms with E-state index in [1.54, 1.807) is 0 Å². The van der Waals surface area contributed by atoms with Crippen molar-refractivity contribution in [3.05, 3.63) is 24.5 Å². The van der Waals surface area contributed by atoms with Gasteiger partial charge in [0.05, 0.1) is 6.10 Å². The highest BCUT2D eigenvalue weighted by molar-refractivity contribution is 4.94. The number of nitrogens with zero attached hydrogens (tertiary/aromatic N) is 1. The van der Waals surface area contributed by atoms with Gasteiger partial charge in [-0.2, -0.15) is 0 Å². The lowest BCUT2D eigenvalue weighted by molar-refractivity contribution is 0.00602. The second-order valence-electron chi connectivity index (χ2n) is 3.49. The van der Waals surface area contributed by atoms with Gasteiger partial charge in [0.25, 0.3) is 0 Å². The van der Waals surface area contributed by atoms with Crippen LogP contribution in [-0.4, -0.2) is 17.3 Å². The maximum atomic E-state index is 5.49. The first-order valence-electron chi connectivity index (χ1n) is 4.60. The van der Waals surface area contributed by atoms with Crippen molar-refractivity contribution in [3.8, 4) is 0 Å². The molecule has 2 heterocycles. The zero-order valence-electron chi connectivity index (χ0n) is 7.44. The molecule has 0 spiro atoms. The van der Waals surface area contributed by atoms with E-state index in [0.717, 1.165) is 19.4 Å². The maximum absolute atomic E-state index is 5.49. The van der Waals surface area contributed by atoms with Gasteiger partial charge in [-0.3, -0.25) is 0 Å². The fraction of sp³-hybridized carbons (Fsp3) is 0.600. The van der Waals surface area contributed by atoms with Crippen LogP contribution in [0.2, 0.25) is 0 Å². The van der Waals surface area contributed by atoms with E-state index in [1.165, 1.54) is 0 Å².